The van der Waals surface area contributed by atoms with Gasteiger partial charge in [0.2, 0.25) is 0 Å². The van der Waals surface area contributed by atoms with Crippen LogP contribution in [0.5, 0.6) is 0 Å². The molecule has 1 aromatic carbocycles. The second-order valence-corrected chi connectivity index (χ2v) is 9.02. The number of carboxylic acids is 1. The fourth-order valence-electron chi connectivity index (χ4n) is 4.18. The van der Waals surface area contributed by atoms with Gasteiger partial charge in [-0.25, -0.2) is 14.6 Å². The van der Waals surface area contributed by atoms with E-state index >= 15 is 0 Å². The summed E-state index contributed by atoms with van der Waals surface area (Å²) in [5, 5.41) is 15.5. The number of hydrogen-bond acceptors (Lipinski definition) is 7. The summed E-state index contributed by atoms with van der Waals surface area (Å²) in [6.07, 6.45) is 4.63. The van der Waals surface area contributed by atoms with Crippen LogP contribution in [0.1, 0.15) is 42.5 Å². The Labute approximate surface area is 213 Å². The van der Waals surface area contributed by atoms with E-state index in [-0.39, 0.29) is 13.0 Å². The quantitative estimate of drug-likeness (QED) is 0.320. The number of nitrogens with zero attached hydrogens (tertiary/aromatic N) is 2. The van der Waals surface area contributed by atoms with Crippen molar-refractivity contribution in [2.24, 2.45) is 0 Å². The molecule has 0 saturated heterocycles. The Morgan fingerprint density at radius 3 is 2.75 bits per heavy atom. The van der Waals surface area contributed by atoms with Crippen molar-refractivity contribution in [1.29, 1.82) is 0 Å². The number of aromatic nitrogens is 1. The number of alkyl carbamates (subject to hydrolysis) is 1. The molecule has 0 aliphatic carbocycles. The summed E-state index contributed by atoms with van der Waals surface area (Å²) in [6.45, 7) is 3.67. The molecule has 9 nitrogen and oxygen atoms in total. The molecule has 0 bridgehead atoms. The number of fused-ring (bicyclic) bond motifs is 1. The third kappa shape index (κ3) is 9.47. The number of carbonyl (C=O) groups excluding carboxylic acids is 1. The fraction of sp³-hybridized carbons (Fsp3) is 0.519. The molecule has 1 aliphatic rings. The maximum Gasteiger partial charge on any atom is 0.408 e. The number of anilines is 1. The number of carboxylic acid groups (broad SMARTS) is 1. The Kier molecular flexibility index (Phi) is 11.5. The fourth-order valence-corrected chi connectivity index (χ4v) is 4.18. The molecule has 1 atom stereocenters. The van der Waals surface area contributed by atoms with Gasteiger partial charge in [-0.15, -0.1) is 0 Å². The average Bonchev–Trinajstić information content (AvgIpc) is 2.90. The number of methoxy groups -OCH3 is 1. The van der Waals surface area contributed by atoms with Crippen LogP contribution in [-0.2, 0) is 33.7 Å². The SMILES string of the molecule is COCCN(CCCCc1ccc2c(n1)NCCC2)CCC(NC(=O)OCc1ccccc1)C(=O)O. The number of benzene rings is 1. The minimum atomic E-state index is -1.08. The highest BCUT2D eigenvalue weighted by molar-refractivity contribution is 5.79. The molecule has 2 aromatic rings. The van der Waals surface area contributed by atoms with Crippen LogP contribution >= 0.6 is 0 Å². The van der Waals surface area contributed by atoms with Gasteiger partial charge < -0.3 is 30.1 Å². The molecule has 36 heavy (non-hydrogen) atoms. The summed E-state index contributed by atoms with van der Waals surface area (Å²) in [7, 11) is 1.65. The van der Waals surface area contributed by atoms with Gasteiger partial charge in [-0.3, -0.25) is 0 Å². The highest BCUT2D eigenvalue weighted by Crippen LogP contribution is 2.20. The lowest BCUT2D eigenvalue weighted by molar-refractivity contribution is -0.139. The largest absolute Gasteiger partial charge is 0.480 e. The second-order valence-electron chi connectivity index (χ2n) is 9.02. The molecule has 1 amide bonds. The summed E-state index contributed by atoms with van der Waals surface area (Å²) < 4.78 is 10.4. The van der Waals surface area contributed by atoms with Crippen LogP contribution in [0, 0.1) is 0 Å². The molecule has 0 radical (unpaired) electrons. The normalized spacial score (nSPS) is 13.5. The molecular weight excluding hydrogens is 460 g/mol. The zero-order chi connectivity index (χ0) is 25.6. The summed E-state index contributed by atoms with van der Waals surface area (Å²) >= 11 is 0. The zero-order valence-corrected chi connectivity index (χ0v) is 21.1. The Bertz CT molecular complexity index is 956. The van der Waals surface area contributed by atoms with Crippen LogP contribution in [0.25, 0.3) is 0 Å². The first-order chi connectivity index (χ1) is 17.5. The first kappa shape index (κ1) is 27.4. The minimum absolute atomic E-state index is 0.0914. The maximum atomic E-state index is 12.1. The van der Waals surface area contributed by atoms with Crippen molar-refractivity contribution < 1.29 is 24.2 Å². The predicted octanol–water partition coefficient (Wildman–Crippen LogP) is 3.48. The van der Waals surface area contributed by atoms with Gasteiger partial charge in [-0.05, 0) is 62.3 Å². The van der Waals surface area contributed by atoms with Gasteiger partial charge in [-0.2, -0.15) is 0 Å². The van der Waals surface area contributed by atoms with Crippen molar-refractivity contribution in [3.05, 3.63) is 59.3 Å². The first-order valence-corrected chi connectivity index (χ1v) is 12.7. The summed E-state index contributed by atoms with van der Waals surface area (Å²) in [5.74, 6) is -0.0552. The van der Waals surface area contributed by atoms with Crippen LogP contribution in [0.2, 0.25) is 0 Å². The molecular formula is C27H38N4O5. The predicted molar refractivity (Wildman–Crippen MR) is 138 cm³/mol. The van der Waals surface area contributed by atoms with Crippen molar-refractivity contribution >= 4 is 17.9 Å². The van der Waals surface area contributed by atoms with Crippen LogP contribution in [0.3, 0.4) is 0 Å². The van der Waals surface area contributed by atoms with Gasteiger partial charge in [-0.1, -0.05) is 36.4 Å². The zero-order valence-electron chi connectivity index (χ0n) is 21.1. The van der Waals surface area contributed by atoms with Crippen molar-refractivity contribution in [3.63, 3.8) is 0 Å². The van der Waals surface area contributed by atoms with Crippen LogP contribution in [0.15, 0.2) is 42.5 Å². The second kappa shape index (κ2) is 15.1. The number of hydrogen-bond donors (Lipinski definition) is 3. The first-order valence-electron chi connectivity index (χ1n) is 12.7. The number of carbonyl (C=O) groups is 2. The molecule has 0 fully saturated rings. The monoisotopic (exact) mass is 498 g/mol. The van der Waals surface area contributed by atoms with Crippen molar-refractivity contribution in [2.45, 2.75) is 51.2 Å². The van der Waals surface area contributed by atoms with Gasteiger partial charge >= 0.3 is 12.1 Å². The Hall–Kier alpha value is -3.17. The van der Waals surface area contributed by atoms with Gasteiger partial charge in [0.1, 0.15) is 18.5 Å². The summed E-state index contributed by atoms with van der Waals surface area (Å²) in [5.41, 5.74) is 3.23. The average molecular weight is 499 g/mol. The number of pyridine rings is 1. The number of nitrogens with one attached hydrogen (secondary N) is 2. The highest BCUT2D eigenvalue weighted by atomic mass is 16.5. The summed E-state index contributed by atoms with van der Waals surface area (Å²) in [4.78, 5) is 30.8. The Morgan fingerprint density at radius 1 is 1.14 bits per heavy atom. The third-order valence-corrected chi connectivity index (χ3v) is 6.26. The Balaban J connectivity index is 1.41. The van der Waals surface area contributed by atoms with Crippen molar-refractivity contribution in [3.8, 4) is 0 Å². The van der Waals surface area contributed by atoms with Crippen molar-refractivity contribution in [2.75, 3.05) is 45.2 Å². The number of aliphatic carboxylic acids is 1. The number of aryl methyl sites for hydroxylation is 2. The number of unbranched alkanes of at least 4 members (excludes halogenated alkanes) is 1. The highest BCUT2D eigenvalue weighted by Gasteiger charge is 2.22. The van der Waals surface area contributed by atoms with E-state index in [9.17, 15) is 14.7 Å². The molecule has 3 rings (SSSR count). The van der Waals surface area contributed by atoms with E-state index in [1.165, 1.54) is 5.56 Å². The molecule has 2 heterocycles. The van der Waals surface area contributed by atoms with E-state index < -0.39 is 18.1 Å². The number of amides is 1. The van der Waals surface area contributed by atoms with Gasteiger partial charge in [0.15, 0.2) is 0 Å². The Morgan fingerprint density at radius 2 is 1.97 bits per heavy atom. The van der Waals surface area contributed by atoms with E-state index in [4.69, 9.17) is 14.5 Å². The molecule has 0 saturated carbocycles. The molecule has 3 N–H and O–H groups in total. The lowest BCUT2D eigenvalue weighted by atomic mass is 10.1. The molecule has 0 spiro atoms. The van der Waals surface area contributed by atoms with Gasteiger partial charge in [0.05, 0.1) is 6.61 Å². The summed E-state index contributed by atoms with van der Waals surface area (Å²) in [6, 6.07) is 12.5. The topological polar surface area (TPSA) is 113 Å². The van der Waals surface area contributed by atoms with Crippen LogP contribution < -0.4 is 10.6 Å². The lowest BCUT2D eigenvalue weighted by Crippen LogP contribution is -2.43. The molecule has 1 aromatic heterocycles. The minimum Gasteiger partial charge on any atom is -0.480 e. The lowest BCUT2D eigenvalue weighted by Gasteiger charge is -2.24. The molecule has 9 heteroatoms. The van der Waals surface area contributed by atoms with E-state index in [1.54, 1.807) is 7.11 Å². The van der Waals surface area contributed by atoms with Gasteiger partial charge in [0.25, 0.3) is 0 Å². The van der Waals surface area contributed by atoms with Crippen LogP contribution in [-0.4, -0.2) is 73.0 Å². The number of rotatable bonds is 15. The van der Waals surface area contributed by atoms with E-state index in [1.807, 2.05) is 30.3 Å². The van der Waals surface area contributed by atoms with Gasteiger partial charge in [0, 0.05) is 32.4 Å². The van der Waals surface area contributed by atoms with E-state index in [2.05, 4.69) is 27.7 Å². The number of ether oxygens (including phenoxy) is 2. The van der Waals surface area contributed by atoms with E-state index in [0.717, 1.165) is 62.3 Å². The smallest absolute Gasteiger partial charge is 0.408 e. The maximum absolute atomic E-state index is 12.1. The van der Waals surface area contributed by atoms with Crippen LogP contribution in [0.4, 0.5) is 10.6 Å². The van der Waals surface area contributed by atoms with E-state index in [0.29, 0.717) is 19.7 Å². The molecule has 1 unspecified atom stereocenters. The van der Waals surface area contributed by atoms with Crippen molar-refractivity contribution in [1.82, 2.24) is 15.2 Å². The third-order valence-electron chi connectivity index (χ3n) is 6.26. The molecule has 196 valence electrons. The standard InChI is InChI=1S/C27H38N4O5/c1-35-19-18-31(16-6-5-11-23-13-12-22-10-7-15-28-25(22)29-23)17-14-24(26(32)33)30-27(34)36-20-21-8-3-2-4-9-21/h2-4,8-9,12-13,24H,5-7,10-11,14-20H2,1H3,(H,28,29)(H,30,34)(H,32,33). The molecule has 1 aliphatic heterocycles.